The molecule has 0 saturated heterocycles. The highest BCUT2D eigenvalue weighted by molar-refractivity contribution is 6.04. The molecular weight excluding hydrogens is 359 g/mol. The van der Waals surface area contributed by atoms with Crippen LogP contribution in [0.1, 0.15) is 23.2 Å². The van der Waals surface area contributed by atoms with Gasteiger partial charge in [0.1, 0.15) is 11.5 Å². The average Bonchev–Trinajstić information content (AvgIpc) is 2.62. The number of esters is 1. The molecule has 0 aliphatic carbocycles. The van der Waals surface area contributed by atoms with Gasteiger partial charge in [-0.2, -0.15) is 13.2 Å². The summed E-state index contributed by atoms with van der Waals surface area (Å²) in [5.41, 5.74) is -0.0642. The third kappa shape index (κ3) is 5.64. The first-order valence-electron chi connectivity index (χ1n) is 7.34. The van der Waals surface area contributed by atoms with Crippen LogP contribution in [0.2, 0.25) is 0 Å². The van der Waals surface area contributed by atoms with E-state index in [-0.39, 0.29) is 24.2 Å². The van der Waals surface area contributed by atoms with Crippen LogP contribution in [0.5, 0.6) is 11.5 Å². The Morgan fingerprint density at radius 3 is 2.27 bits per heavy atom. The topological polar surface area (TPSA) is 90.9 Å². The van der Waals surface area contributed by atoms with Crippen LogP contribution in [-0.4, -0.2) is 51.2 Å². The molecule has 144 valence electrons. The summed E-state index contributed by atoms with van der Waals surface area (Å²) in [6, 6.07) is 2.49. The number of ether oxygens (including phenoxy) is 3. The number of ketones is 1. The third-order valence-electron chi connectivity index (χ3n) is 3.42. The number of amides is 1. The molecule has 0 saturated carbocycles. The molecule has 1 aromatic rings. The van der Waals surface area contributed by atoms with Crippen LogP contribution in [0.4, 0.5) is 13.2 Å². The minimum Gasteiger partial charge on any atom is -0.497 e. The Morgan fingerprint density at radius 2 is 1.77 bits per heavy atom. The van der Waals surface area contributed by atoms with Gasteiger partial charge in [0.15, 0.2) is 5.78 Å². The number of hydrogen-bond acceptors (Lipinski definition) is 6. The molecule has 0 heterocycles. The number of hydrogen-bond donors (Lipinski definition) is 1. The average molecular weight is 377 g/mol. The van der Waals surface area contributed by atoms with Gasteiger partial charge in [-0.3, -0.25) is 14.4 Å². The van der Waals surface area contributed by atoms with Crippen LogP contribution >= 0.6 is 0 Å². The molecule has 0 aliphatic heterocycles. The maximum Gasteiger partial charge on any atom is 0.471 e. The lowest BCUT2D eigenvalue weighted by molar-refractivity contribution is -0.174. The molecule has 1 atom stereocenters. The van der Waals surface area contributed by atoms with Crippen molar-refractivity contribution in [1.82, 2.24) is 5.32 Å². The molecule has 0 fully saturated rings. The summed E-state index contributed by atoms with van der Waals surface area (Å²) in [7, 11) is 3.75. The van der Waals surface area contributed by atoms with Gasteiger partial charge in [0.05, 0.1) is 32.9 Å². The third-order valence-corrected chi connectivity index (χ3v) is 3.42. The molecule has 10 heteroatoms. The Kier molecular flexibility index (Phi) is 7.41. The SMILES string of the molecule is COC(=O)CCC(NC(=O)C(F)(F)F)C(=O)c1ccc(OC)cc1OC. The van der Waals surface area contributed by atoms with Gasteiger partial charge in [-0.25, -0.2) is 0 Å². The van der Waals surface area contributed by atoms with E-state index in [1.807, 2.05) is 0 Å². The number of rotatable bonds is 8. The van der Waals surface area contributed by atoms with Crippen molar-refractivity contribution in [3.63, 3.8) is 0 Å². The maximum absolute atomic E-state index is 12.6. The zero-order chi connectivity index (χ0) is 19.9. The van der Waals surface area contributed by atoms with Gasteiger partial charge in [0.2, 0.25) is 0 Å². The van der Waals surface area contributed by atoms with Crippen molar-refractivity contribution < 1.29 is 41.8 Å². The largest absolute Gasteiger partial charge is 0.497 e. The smallest absolute Gasteiger partial charge is 0.471 e. The molecule has 26 heavy (non-hydrogen) atoms. The molecular formula is C16H18F3NO6. The molecule has 1 aromatic carbocycles. The van der Waals surface area contributed by atoms with Gasteiger partial charge in [-0.15, -0.1) is 0 Å². The molecule has 1 amide bonds. The number of Topliss-reactive ketones (excluding diaryl/α,β-unsaturated/α-hetero) is 1. The Balaban J connectivity index is 3.13. The number of methoxy groups -OCH3 is 3. The summed E-state index contributed by atoms with van der Waals surface area (Å²) >= 11 is 0. The van der Waals surface area contributed by atoms with Gasteiger partial charge in [0.25, 0.3) is 0 Å². The predicted molar refractivity (Wildman–Crippen MR) is 83.1 cm³/mol. The minimum atomic E-state index is -5.17. The van der Waals surface area contributed by atoms with Crippen LogP contribution < -0.4 is 14.8 Å². The molecule has 0 aliphatic rings. The Bertz CT molecular complexity index is 674. The quantitative estimate of drug-likeness (QED) is 0.550. The van der Waals surface area contributed by atoms with E-state index in [9.17, 15) is 27.6 Å². The number of carbonyl (C=O) groups is 3. The summed E-state index contributed by atoms with van der Waals surface area (Å²) in [4.78, 5) is 35.1. The highest BCUT2D eigenvalue weighted by Gasteiger charge is 2.41. The molecule has 7 nitrogen and oxygen atoms in total. The zero-order valence-corrected chi connectivity index (χ0v) is 14.3. The van der Waals surface area contributed by atoms with E-state index in [1.54, 1.807) is 5.32 Å². The standard InChI is InChI=1S/C16H18F3NO6/c1-24-9-4-5-10(12(8-9)25-2)14(22)11(6-7-13(21)26-3)20-15(23)16(17,18)19/h4-5,8,11H,6-7H2,1-3H3,(H,20,23). The second-order valence-corrected chi connectivity index (χ2v) is 5.07. The fraction of sp³-hybridized carbons (Fsp3) is 0.438. The number of halogens is 3. The Labute approximate surface area is 147 Å². The molecule has 1 rings (SSSR count). The maximum atomic E-state index is 12.6. The van der Waals surface area contributed by atoms with E-state index in [2.05, 4.69) is 4.74 Å². The summed E-state index contributed by atoms with van der Waals surface area (Å²) in [5, 5.41) is 1.61. The Morgan fingerprint density at radius 1 is 1.12 bits per heavy atom. The van der Waals surface area contributed by atoms with Gasteiger partial charge >= 0.3 is 18.1 Å². The van der Waals surface area contributed by atoms with E-state index in [4.69, 9.17) is 9.47 Å². The molecule has 0 aromatic heterocycles. The summed E-state index contributed by atoms with van der Waals surface area (Å²) < 4.78 is 52.0. The van der Waals surface area contributed by atoms with Gasteiger partial charge in [0, 0.05) is 12.5 Å². The normalized spacial score (nSPS) is 12.1. The monoisotopic (exact) mass is 377 g/mol. The lowest BCUT2D eigenvalue weighted by Gasteiger charge is -2.19. The van der Waals surface area contributed by atoms with E-state index in [0.717, 1.165) is 7.11 Å². The van der Waals surface area contributed by atoms with E-state index in [0.29, 0.717) is 5.75 Å². The van der Waals surface area contributed by atoms with Crippen molar-refractivity contribution in [2.24, 2.45) is 0 Å². The molecule has 0 radical (unpaired) electrons. The minimum absolute atomic E-state index is 0.0543. The second-order valence-electron chi connectivity index (χ2n) is 5.07. The fourth-order valence-electron chi connectivity index (χ4n) is 2.06. The van der Waals surface area contributed by atoms with E-state index >= 15 is 0 Å². The van der Waals surface area contributed by atoms with Gasteiger partial charge in [-0.1, -0.05) is 0 Å². The van der Waals surface area contributed by atoms with Gasteiger partial charge < -0.3 is 19.5 Å². The molecule has 0 spiro atoms. The highest BCUT2D eigenvalue weighted by Crippen LogP contribution is 2.26. The van der Waals surface area contributed by atoms with Crippen LogP contribution in [-0.2, 0) is 14.3 Å². The van der Waals surface area contributed by atoms with Crippen LogP contribution in [0, 0.1) is 0 Å². The fourth-order valence-corrected chi connectivity index (χ4v) is 2.06. The first-order chi connectivity index (χ1) is 12.1. The predicted octanol–water partition coefficient (Wildman–Crippen LogP) is 1.89. The summed E-state index contributed by atoms with van der Waals surface area (Å²) in [6.07, 6.45) is -5.90. The molecule has 1 N–H and O–H groups in total. The van der Waals surface area contributed by atoms with Crippen LogP contribution in [0.15, 0.2) is 18.2 Å². The van der Waals surface area contributed by atoms with Crippen LogP contribution in [0.3, 0.4) is 0 Å². The van der Waals surface area contributed by atoms with Crippen molar-refractivity contribution in [3.8, 4) is 11.5 Å². The van der Waals surface area contributed by atoms with Gasteiger partial charge in [-0.05, 0) is 18.6 Å². The number of carbonyl (C=O) groups excluding carboxylic acids is 3. The number of alkyl halides is 3. The Hall–Kier alpha value is -2.78. The zero-order valence-electron chi connectivity index (χ0n) is 14.3. The lowest BCUT2D eigenvalue weighted by atomic mass is 9.99. The molecule has 0 bridgehead atoms. The van der Waals surface area contributed by atoms with Crippen LogP contribution in [0.25, 0.3) is 0 Å². The number of benzene rings is 1. The summed E-state index contributed by atoms with van der Waals surface area (Å²) in [6.45, 7) is 0. The van der Waals surface area contributed by atoms with Crippen molar-refractivity contribution >= 4 is 17.7 Å². The first-order valence-corrected chi connectivity index (χ1v) is 7.34. The lowest BCUT2D eigenvalue weighted by Crippen LogP contribution is -2.47. The second kappa shape index (κ2) is 9.07. The van der Waals surface area contributed by atoms with Crippen molar-refractivity contribution in [3.05, 3.63) is 23.8 Å². The van der Waals surface area contributed by atoms with Crippen molar-refractivity contribution in [2.75, 3.05) is 21.3 Å². The van der Waals surface area contributed by atoms with Crippen molar-refractivity contribution in [1.29, 1.82) is 0 Å². The van der Waals surface area contributed by atoms with E-state index < -0.39 is 29.9 Å². The molecule has 1 unspecified atom stereocenters. The summed E-state index contributed by atoms with van der Waals surface area (Å²) in [5.74, 6) is -3.44. The number of nitrogens with one attached hydrogen (secondary N) is 1. The highest BCUT2D eigenvalue weighted by atomic mass is 19.4. The first kappa shape index (κ1) is 21.3. The van der Waals surface area contributed by atoms with E-state index in [1.165, 1.54) is 32.4 Å². The van der Waals surface area contributed by atoms with Crippen molar-refractivity contribution in [2.45, 2.75) is 25.1 Å².